The average molecular weight is 332 g/mol. The highest BCUT2D eigenvalue weighted by Crippen LogP contribution is 2.35. The number of thiazole rings is 1. The average Bonchev–Trinajstić information content (AvgIpc) is 2.94. The summed E-state index contributed by atoms with van der Waals surface area (Å²) in [6, 6.07) is 4.98. The van der Waals surface area contributed by atoms with Gasteiger partial charge in [-0.25, -0.2) is 4.98 Å². The van der Waals surface area contributed by atoms with Gasteiger partial charge in [0, 0.05) is 10.9 Å². The lowest BCUT2D eigenvalue weighted by Crippen LogP contribution is -2.29. The number of carbonyl (C=O) groups excluding carboxylic acids is 1. The van der Waals surface area contributed by atoms with Crippen LogP contribution in [0.15, 0.2) is 23.6 Å². The van der Waals surface area contributed by atoms with Crippen LogP contribution in [0.1, 0.15) is 0 Å². The first-order chi connectivity index (χ1) is 10.3. The minimum absolute atomic E-state index is 0.151. The Morgan fingerprint density at radius 2 is 2.00 bits per heavy atom. The van der Waals surface area contributed by atoms with E-state index in [0.717, 1.165) is 11.3 Å². The number of halogens is 3. The molecule has 1 aromatic carbocycles. The molecule has 1 heterocycles. The van der Waals surface area contributed by atoms with Crippen molar-refractivity contribution < 1.29 is 27.4 Å². The van der Waals surface area contributed by atoms with Crippen LogP contribution < -0.4 is 14.8 Å². The van der Waals surface area contributed by atoms with Crippen LogP contribution in [0.4, 0.5) is 18.3 Å². The molecule has 0 aliphatic carbocycles. The van der Waals surface area contributed by atoms with Gasteiger partial charge in [0.2, 0.25) is 0 Å². The van der Waals surface area contributed by atoms with Crippen molar-refractivity contribution in [3.05, 3.63) is 23.6 Å². The number of rotatable bonds is 4. The number of carbonyl (C=O) groups is 1. The van der Waals surface area contributed by atoms with E-state index in [1.54, 1.807) is 23.5 Å². The molecule has 118 valence electrons. The second-order valence-corrected chi connectivity index (χ2v) is 4.91. The molecule has 0 atom stereocenters. The number of aromatic nitrogens is 1. The molecule has 9 heteroatoms. The Hall–Kier alpha value is -2.29. The van der Waals surface area contributed by atoms with Crippen LogP contribution >= 0.6 is 11.3 Å². The van der Waals surface area contributed by atoms with Crippen molar-refractivity contribution >= 4 is 22.4 Å². The Bertz CT molecular complexity index is 685. The van der Waals surface area contributed by atoms with E-state index in [-0.39, 0.29) is 5.13 Å². The number of methoxy groups -OCH3 is 2. The fraction of sp³-hybridized carbons (Fsp3) is 0.231. The first-order valence-electron chi connectivity index (χ1n) is 5.91. The third-order valence-electron chi connectivity index (χ3n) is 2.66. The van der Waals surface area contributed by atoms with Gasteiger partial charge in [-0.2, -0.15) is 13.2 Å². The molecular formula is C13H11F3N2O3S. The monoisotopic (exact) mass is 332 g/mol. The number of anilines is 1. The number of hydrogen-bond acceptors (Lipinski definition) is 5. The Kier molecular flexibility index (Phi) is 4.55. The Labute approximate surface area is 127 Å². The molecule has 1 aromatic heterocycles. The summed E-state index contributed by atoms with van der Waals surface area (Å²) < 4.78 is 46.9. The standard InChI is InChI=1S/C13H11F3N2O3S/c1-20-7-3-4-10(21-2)8(5-7)9-6-22-12(17-9)18-11(19)13(14,15)16/h3-6H,1-2H3,(H,17,18,19). The summed E-state index contributed by atoms with van der Waals surface area (Å²) in [5, 5.41) is 3.08. The number of hydrogen-bond donors (Lipinski definition) is 1. The van der Waals surface area contributed by atoms with E-state index in [1.165, 1.54) is 19.6 Å². The van der Waals surface area contributed by atoms with Gasteiger partial charge in [-0.05, 0) is 18.2 Å². The number of benzene rings is 1. The molecular weight excluding hydrogens is 321 g/mol. The highest BCUT2D eigenvalue weighted by atomic mass is 32.1. The summed E-state index contributed by atoms with van der Waals surface area (Å²) in [6.45, 7) is 0. The Morgan fingerprint density at radius 3 is 2.59 bits per heavy atom. The summed E-state index contributed by atoms with van der Waals surface area (Å²) in [6.07, 6.45) is -4.96. The lowest BCUT2D eigenvalue weighted by atomic mass is 10.1. The maximum atomic E-state index is 12.2. The van der Waals surface area contributed by atoms with Gasteiger partial charge in [-0.3, -0.25) is 10.1 Å². The molecule has 2 rings (SSSR count). The molecule has 0 spiro atoms. The first kappa shape index (κ1) is 16.1. The summed E-state index contributed by atoms with van der Waals surface area (Å²) >= 11 is 0.882. The Balaban J connectivity index is 2.30. The van der Waals surface area contributed by atoms with Gasteiger partial charge in [-0.1, -0.05) is 0 Å². The molecule has 0 saturated carbocycles. The first-order valence-corrected chi connectivity index (χ1v) is 6.79. The molecule has 0 bridgehead atoms. The normalized spacial score (nSPS) is 11.1. The topological polar surface area (TPSA) is 60.5 Å². The molecule has 0 aliphatic heterocycles. The fourth-order valence-corrected chi connectivity index (χ4v) is 2.34. The number of ether oxygens (including phenoxy) is 2. The third kappa shape index (κ3) is 3.48. The second-order valence-electron chi connectivity index (χ2n) is 4.06. The lowest BCUT2D eigenvalue weighted by Gasteiger charge is -2.08. The summed E-state index contributed by atoms with van der Waals surface area (Å²) in [5.41, 5.74) is 0.920. The van der Waals surface area contributed by atoms with Gasteiger partial charge in [0.1, 0.15) is 11.5 Å². The fourth-order valence-electron chi connectivity index (χ4n) is 1.64. The van der Waals surface area contributed by atoms with E-state index in [2.05, 4.69) is 4.98 Å². The Morgan fingerprint density at radius 1 is 1.27 bits per heavy atom. The van der Waals surface area contributed by atoms with Crippen LogP contribution in [0.25, 0.3) is 11.3 Å². The van der Waals surface area contributed by atoms with E-state index < -0.39 is 12.1 Å². The SMILES string of the molecule is COc1ccc(OC)c(-c2csc(NC(=O)C(F)(F)F)n2)c1. The number of alkyl halides is 3. The van der Waals surface area contributed by atoms with E-state index in [0.29, 0.717) is 22.8 Å². The van der Waals surface area contributed by atoms with Crippen LogP contribution in [-0.4, -0.2) is 31.3 Å². The van der Waals surface area contributed by atoms with Crippen molar-refractivity contribution in [2.45, 2.75) is 6.18 Å². The van der Waals surface area contributed by atoms with Gasteiger partial charge in [-0.15, -0.1) is 11.3 Å². The highest BCUT2D eigenvalue weighted by molar-refractivity contribution is 7.14. The molecule has 0 saturated heterocycles. The molecule has 1 N–H and O–H groups in total. The second kappa shape index (κ2) is 6.22. The molecule has 1 amide bonds. The minimum Gasteiger partial charge on any atom is -0.497 e. The molecule has 0 aliphatic rings. The highest BCUT2D eigenvalue weighted by Gasteiger charge is 2.39. The smallest absolute Gasteiger partial charge is 0.471 e. The number of amides is 1. The largest absolute Gasteiger partial charge is 0.497 e. The predicted molar refractivity (Wildman–Crippen MR) is 75.3 cm³/mol. The maximum absolute atomic E-state index is 12.2. The molecule has 0 fully saturated rings. The van der Waals surface area contributed by atoms with E-state index in [4.69, 9.17) is 9.47 Å². The molecule has 22 heavy (non-hydrogen) atoms. The van der Waals surface area contributed by atoms with Crippen molar-refractivity contribution in [2.24, 2.45) is 0 Å². The van der Waals surface area contributed by atoms with Crippen LogP contribution in [0.3, 0.4) is 0 Å². The summed E-state index contributed by atoms with van der Waals surface area (Å²) in [7, 11) is 2.95. The summed E-state index contributed by atoms with van der Waals surface area (Å²) in [5.74, 6) is -1.03. The third-order valence-corrected chi connectivity index (χ3v) is 3.42. The van der Waals surface area contributed by atoms with Crippen molar-refractivity contribution in [1.29, 1.82) is 0 Å². The predicted octanol–water partition coefficient (Wildman–Crippen LogP) is 3.33. The quantitative estimate of drug-likeness (QED) is 0.933. The van der Waals surface area contributed by atoms with Gasteiger partial charge in [0.25, 0.3) is 0 Å². The molecule has 2 aromatic rings. The van der Waals surface area contributed by atoms with Gasteiger partial charge in [0.15, 0.2) is 5.13 Å². The molecule has 0 radical (unpaired) electrons. The van der Waals surface area contributed by atoms with E-state index in [9.17, 15) is 18.0 Å². The van der Waals surface area contributed by atoms with Crippen LogP contribution in [0.2, 0.25) is 0 Å². The van der Waals surface area contributed by atoms with Gasteiger partial charge in [0.05, 0.1) is 19.9 Å². The number of nitrogens with one attached hydrogen (secondary N) is 1. The zero-order valence-corrected chi connectivity index (χ0v) is 12.3. The van der Waals surface area contributed by atoms with Crippen molar-refractivity contribution in [2.75, 3.05) is 19.5 Å². The van der Waals surface area contributed by atoms with E-state index in [1.807, 2.05) is 0 Å². The minimum atomic E-state index is -4.96. The summed E-state index contributed by atoms with van der Waals surface area (Å²) in [4.78, 5) is 14.9. The molecule has 0 unspecified atom stereocenters. The zero-order valence-electron chi connectivity index (χ0n) is 11.5. The maximum Gasteiger partial charge on any atom is 0.471 e. The van der Waals surface area contributed by atoms with Crippen molar-refractivity contribution in [3.8, 4) is 22.8 Å². The zero-order chi connectivity index (χ0) is 16.3. The van der Waals surface area contributed by atoms with Crippen LogP contribution in [0.5, 0.6) is 11.5 Å². The van der Waals surface area contributed by atoms with Gasteiger partial charge < -0.3 is 9.47 Å². The van der Waals surface area contributed by atoms with Crippen LogP contribution in [0, 0.1) is 0 Å². The van der Waals surface area contributed by atoms with Crippen molar-refractivity contribution in [3.63, 3.8) is 0 Å². The number of nitrogens with zero attached hydrogens (tertiary/aromatic N) is 1. The van der Waals surface area contributed by atoms with Gasteiger partial charge >= 0.3 is 12.1 Å². The van der Waals surface area contributed by atoms with Crippen LogP contribution in [-0.2, 0) is 4.79 Å². The lowest BCUT2D eigenvalue weighted by molar-refractivity contribution is -0.167. The van der Waals surface area contributed by atoms with Crippen molar-refractivity contribution in [1.82, 2.24) is 4.98 Å². The van der Waals surface area contributed by atoms with E-state index >= 15 is 0 Å². The molecule has 5 nitrogen and oxygen atoms in total.